The Bertz CT molecular complexity index is 1460. The summed E-state index contributed by atoms with van der Waals surface area (Å²) in [6.45, 7) is 3.78. The van der Waals surface area contributed by atoms with E-state index in [1.165, 1.54) is 44.5 Å². The van der Waals surface area contributed by atoms with E-state index >= 15 is 0 Å². The highest BCUT2D eigenvalue weighted by atomic mass is 32.2. The van der Waals surface area contributed by atoms with E-state index < -0.39 is 15.9 Å². The van der Waals surface area contributed by atoms with E-state index in [2.05, 4.69) is 9.80 Å². The number of piperidine rings is 1. The SMILES string of the molecule is COc1ccc(S(=O)(=O)N(C(=O)CN2CCC(N3CCCC3)CC2)c2ccccc2C=Cc2cc[n+]([O-])cc2)cc1. The molecule has 0 radical (unpaired) electrons. The number of sulfonamides is 1. The molecule has 0 unspecified atom stereocenters. The van der Waals surface area contributed by atoms with Gasteiger partial charge in [0.1, 0.15) is 5.75 Å². The Labute approximate surface area is 241 Å². The molecular weight excluding hydrogens is 540 g/mol. The maximum atomic E-state index is 14.1. The van der Waals surface area contributed by atoms with Crippen LogP contribution in [-0.2, 0) is 14.8 Å². The molecule has 0 aliphatic carbocycles. The first-order valence-electron chi connectivity index (χ1n) is 14.0. The number of amides is 1. The van der Waals surface area contributed by atoms with E-state index in [-0.39, 0.29) is 17.1 Å². The number of methoxy groups -OCH3 is 1. The standard InChI is InChI=1S/C31H36N4O5S/c1-40-28-10-12-29(13-11-28)41(38,39)35(31(36)24-32-20-16-27(17-21-32)33-18-4-5-19-33)30-7-3-2-6-26(30)9-8-25-14-22-34(37)23-15-25/h2-3,6-15,22-23,27H,4-5,16-21,24H2,1H3. The Morgan fingerprint density at radius 2 is 1.63 bits per heavy atom. The highest BCUT2D eigenvalue weighted by Gasteiger charge is 2.34. The number of hydrogen-bond donors (Lipinski definition) is 0. The fraction of sp³-hybridized carbons (Fsp3) is 0.355. The fourth-order valence-electron chi connectivity index (χ4n) is 5.59. The normalized spacial score (nSPS) is 17.2. The van der Waals surface area contributed by atoms with E-state index in [4.69, 9.17) is 4.74 Å². The van der Waals surface area contributed by atoms with Crippen LogP contribution in [0.3, 0.4) is 0 Å². The lowest BCUT2D eigenvalue weighted by atomic mass is 10.0. The number of pyridine rings is 1. The van der Waals surface area contributed by atoms with Gasteiger partial charge in [-0.05, 0) is 80.2 Å². The van der Waals surface area contributed by atoms with Crippen LogP contribution in [0.5, 0.6) is 5.75 Å². The van der Waals surface area contributed by atoms with Crippen molar-refractivity contribution in [3.05, 3.63) is 89.4 Å². The molecule has 2 aliphatic heterocycles. The summed E-state index contributed by atoms with van der Waals surface area (Å²) in [7, 11) is -2.74. The topological polar surface area (TPSA) is 97.1 Å². The van der Waals surface area contributed by atoms with Gasteiger partial charge in [-0.25, -0.2) is 12.7 Å². The van der Waals surface area contributed by atoms with Gasteiger partial charge < -0.3 is 14.8 Å². The van der Waals surface area contributed by atoms with Gasteiger partial charge in [0.05, 0.1) is 24.2 Å². The molecule has 1 aromatic heterocycles. The van der Waals surface area contributed by atoms with Gasteiger partial charge in [-0.2, -0.15) is 4.73 Å². The van der Waals surface area contributed by atoms with Crippen molar-refractivity contribution < 1.29 is 22.7 Å². The zero-order valence-electron chi connectivity index (χ0n) is 23.3. The molecule has 0 atom stereocenters. The van der Waals surface area contributed by atoms with Crippen molar-refractivity contribution >= 4 is 33.8 Å². The van der Waals surface area contributed by atoms with Crippen LogP contribution < -0.4 is 13.8 Å². The first-order valence-corrected chi connectivity index (χ1v) is 15.4. The lowest BCUT2D eigenvalue weighted by Crippen LogP contribution is -2.49. The zero-order chi connectivity index (χ0) is 28.8. The van der Waals surface area contributed by atoms with Gasteiger partial charge in [-0.15, -0.1) is 0 Å². The van der Waals surface area contributed by atoms with Gasteiger partial charge in [0.25, 0.3) is 15.9 Å². The number of benzene rings is 2. The molecule has 10 heteroatoms. The van der Waals surface area contributed by atoms with Crippen molar-refractivity contribution in [1.82, 2.24) is 9.80 Å². The maximum absolute atomic E-state index is 14.1. The van der Waals surface area contributed by atoms with Crippen molar-refractivity contribution in [2.75, 3.05) is 44.1 Å². The number of carbonyl (C=O) groups excluding carboxylic acids is 1. The molecule has 0 bridgehead atoms. The molecule has 0 N–H and O–H groups in total. The predicted octanol–water partition coefficient (Wildman–Crippen LogP) is 3.78. The Kier molecular flexibility index (Phi) is 9.02. The van der Waals surface area contributed by atoms with Crippen molar-refractivity contribution in [3.8, 4) is 5.75 Å². The average Bonchev–Trinajstić information content (AvgIpc) is 3.53. The number of nitrogens with zero attached hydrogens (tertiary/aromatic N) is 4. The minimum atomic E-state index is -4.25. The van der Waals surface area contributed by atoms with Crippen LogP contribution in [0.2, 0.25) is 0 Å². The summed E-state index contributed by atoms with van der Waals surface area (Å²) in [5.74, 6) is 0.0155. The molecule has 3 aromatic rings. The molecule has 0 saturated carbocycles. The van der Waals surface area contributed by atoms with Crippen LogP contribution in [0.25, 0.3) is 12.2 Å². The first kappa shape index (κ1) is 28.8. The molecule has 2 fully saturated rings. The number of hydrogen-bond acceptors (Lipinski definition) is 7. The minimum absolute atomic E-state index is 0.00114. The molecule has 3 heterocycles. The van der Waals surface area contributed by atoms with Gasteiger partial charge in [-0.1, -0.05) is 30.4 Å². The van der Waals surface area contributed by atoms with E-state index in [9.17, 15) is 18.4 Å². The minimum Gasteiger partial charge on any atom is -0.619 e. The van der Waals surface area contributed by atoms with Crippen LogP contribution in [0.4, 0.5) is 5.69 Å². The summed E-state index contributed by atoms with van der Waals surface area (Å²) in [4.78, 5) is 18.6. The second-order valence-corrected chi connectivity index (χ2v) is 12.3. The number of ether oxygens (including phenoxy) is 1. The molecular formula is C31H36N4O5S. The van der Waals surface area contributed by atoms with Crippen LogP contribution >= 0.6 is 0 Å². The Morgan fingerprint density at radius 3 is 2.29 bits per heavy atom. The number of carbonyl (C=O) groups is 1. The molecule has 2 aromatic carbocycles. The number of likely N-dealkylation sites (tertiary alicyclic amines) is 2. The predicted molar refractivity (Wildman–Crippen MR) is 159 cm³/mol. The van der Waals surface area contributed by atoms with Gasteiger partial charge >= 0.3 is 0 Å². The quantitative estimate of drug-likeness (QED) is 0.283. The molecule has 5 rings (SSSR count). The number of para-hydroxylation sites is 1. The van der Waals surface area contributed by atoms with E-state index in [1.54, 1.807) is 60.7 Å². The Morgan fingerprint density at radius 1 is 0.976 bits per heavy atom. The van der Waals surface area contributed by atoms with Gasteiger partial charge in [0.2, 0.25) is 0 Å². The Balaban J connectivity index is 1.44. The molecule has 2 aliphatic rings. The molecule has 2 saturated heterocycles. The van der Waals surface area contributed by atoms with E-state index in [1.807, 2.05) is 0 Å². The van der Waals surface area contributed by atoms with Crippen molar-refractivity contribution in [3.63, 3.8) is 0 Å². The first-order chi connectivity index (χ1) is 19.8. The molecule has 0 spiro atoms. The zero-order valence-corrected chi connectivity index (χ0v) is 24.1. The average molecular weight is 577 g/mol. The Hall–Kier alpha value is -3.73. The van der Waals surface area contributed by atoms with Gasteiger partial charge in [-0.3, -0.25) is 9.69 Å². The van der Waals surface area contributed by atoms with Crippen molar-refractivity contribution in [1.29, 1.82) is 0 Å². The van der Waals surface area contributed by atoms with E-state index in [0.29, 0.717) is 22.1 Å². The third-order valence-corrected chi connectivity index (χ3v) is 9.58. The number of aromatic nitrogens is 1. The molecule has 9 nitrogen and oxygen atoms in total. The summed E-state index contributed by atoms with van der Waals surface area (Å²) in [5.41, 5.74) is 1.60. The van der Waals surface area contributed by atoms with Crippen LogP contribution in [0.1, 0.15) is 36.8 Å². The van der Waals surface area contributed by atoms with Crippen LogP contribution in [0, 0.1) is 5.21 Å². The summed E-state index contributed by atoms with van der Waals surface area (Å²) in [5, 5.41) is 11.4. The van der Waals surface area contributed by atoms with Crippen LogP contribution in [-0.4, -0.2) is 70.0 Å². The monoisotopic (exact) mass is 576 g/mol. The number of anilines is 1. The number of rotatable bonds is 9. The second kappa shape index (κ2) is 12.8. The van der Waals surface area contributed by atoms with Crippen LogP contribution in [0.15, 0.2) is 78.0 Å². The summed E-state index contributed by atoms with van der Waals surface area (Å²) < 4.78 is 35.0. The molecule has 216 valence electrons. The van der Waals surface area contributed by atoms with E-state index in [0.717, 1.165) is 48.9 Å². The third kappa shape index (κ3) is 6.78. The summed E-state index contributed by atoms with van der Waals surface area (Å²) in [6.07, 6.45) is 10.7. The highest BCUT2D eigenvalue weighted by Crippen LogP contribution is 2.30. The maximum Gasteiger partial charge on any atom is 0.270 e. The summed E-state index contributed by atoms with van der Waals surface area (Å²) in [6, 6.07) is 16.8. The van der Waals surface area contributed by atoms with Crippen molar-refractivity contribution in [2.45, 2.75) is 36.6 Å². The van der Waals surface area contributed by atoms with Gasteiger partial charge in [0.15, 0.2) is 12.4 Å². The largest absolute Gasteiger partial charge is 0.619 e. The molecule has 41 heavy (non-hydrogen) atoms. The third-order valence-electron chi connectivity index (χ3n) is 7.84. The lowest BCUT2D eigenvalue weighted by Gasteiger charge is -2.37. The molecule has 1 amide bonds. The lowest BCUT2D eigenvalue weighted by molar-refractivity contribution is -0.605. The summed E-state index contributed by atoms with van der Waals surface area (Å²) >= 11 is 0. The van der Waals surface area contributed by atoms with Crippen molar-refractivity contribution in [2.24, 2.45) is 0 Å². The fourth-order valence-corrected chi connectivity index (χ4v) is 7.03. The highest BCUT2D eigenvalue weighted by molar-refractivity contribution is 7.93. The van der Waals surface area contributed by atoms with Gasteiger partial charge in [0, 0.05) is 31.3 Å². The smallest absolute Gasteiger partial charge is 0.270 e. The second-order valence-electron chi connectivity index (χ2n) is 10.5.